The summed E-state index contributed by atoms with van der Waals surface area (Å²) in [7, 11) is 0. The second kappa shape index (κ2) is 8.32. The average molecular weight is 446 g/mol. The average Bonchev–Trinajstić information content (AvgIpc) is 3.12. The van der Waals surface area contributed by atoms with Crippen LogP contribution < -0.4 is 5.73 Å². The Morgan fingerprint density at radius 1 is 1.03 bits per heavy atom. The number of nitro benzene ring substituents is 1. The number of Topliss-reactive ketones (excluding diaryl/α,β-unsaturated/α-hetero) is 1. The van der Waals surface area contributed by atoms with Crippen molar-refractivity contribution in [1.29, 1.82) is 0 Å². The van der Waals surface area contributed by atoms with Gasteiger partial charge in [0.25, 0.3) is 5.69 Å². The molecule has 8 heteroatoms. The van der Waals surface area contributed by atoms with Crippen LogP contribution in [0.25, 0.3) is 10.2 Å². The smallest absolute Gasteiger partial charge is 0.269 e. The number of carbonyl (C=O) groups excluding carboxylic acids is 2. The van der Waals surface area contributed by atoms with Gasteiger partial charge in [0.2, 0.25) is 5.78 Å². The number of hydrogen-bond donors (Lipinski definition) is 1. The van der Waals surface area contributed by atoms with Gasteiger partial charge in [-0.2, -0.15) is 0 Å². The van der Waals surface area contributed by atoms with Crippen molar-refractivity contribution in [2.24, 2.45) is 0 Å². The number of thiophene rings is 1. The van der Waals surface area contributed by atoms with Crippen LogP contribution in [0.15, 0.2) is 54.6 Å². The summed E-state index contributed by atoms with van der Waals surface area (Å²) in [6, 6.07) is 14.5. The maximum atomic E-state index is 13.0. The molecule has 0 spiro atoms. The monoisotopic (exact) mass is 445 g/mol. The third-order valence-electron chi connectivity index (χ3n) is 5.44. The van der Waals surface area contributed by atoms with E-state index in [1.54, 1.807) is 12.1 Å². The van der Waals surface area contributed by atoms with Crippen LogP contribution in [0.5, 0.6) is 0 Å². The number of pyridine rings is 1. The van der Waals surface area contributed by atoms with Gasteiger partial charge in [0, 0.05) is 40.8 Å². The molecule has 2 aromatic heterocycles. The highest BCUT2D eigenvalue weighted by Gasteiger charge is 2.23. The predicted molar refractivity (Wildman–Crippen MR) is 125 cm³/mol. The molecule has 4 aromatic rings. The van der Waals surface area contributed by atoms with Crippen LogP contribution in [-0.2, 0) is 6.42 Å². The van der Waals surface area contributed by atoms with E-state index in [-0.39, 0.29) is 23.7 Å². The molecule has 4 rings (SSSR count). The Morgan fingerprint density at radius 3 is 2.31 bits per heavy atom. The lowest BCUT2D eigenvalue weighted by molar-refractivity contribution is -0.384. The minimum Gasteiger partial charge on any atom is -0.397 e. The third kappa shape index (κ3) is 3.76. The highest BCUT2D eigenvalue weighted by atomic mass is 32.1. The molecule has 0 saturated carbocycles. The molecule has 0 aliphatic heterocycles. The van der Waals surface area contributed by atoms with Crippen molar-refractivity contribution in [3.05, 3.63) is 97.5 Å². The molecule has 7 nitrogen and oxygen atoms in total. The first-order valence-electron chi connectivity index (χ1n) is 9.83. The molecule has 0 aliphatic carbocycles. The fourth-order valence-corrected chi connectivity index (χ4v) is 4.86. The molecule has 160 valence electrons. The molecule has 0 unspecified atom stereocenters. The Bertz CT molecular complexity index is 1380. The van der Waals surface area contributed by atoms with Gasteiger partial charge >= 0.3 is 0 Å². The lowest BCUT2D eigenvalue weighted by Gasteiger charge is -2.10. The number of anilines is 1. The van der Waals surface area contributed by atoms with Crippen molar-refractivity contribution >= 4 is 44.5 Å². The second-order valence-corrected chi connectivity index (χ2v) is 8.42. The van der Waals surface area contributed by atoms with E-state index in [1.807, 2.05) is 32.0 Å². The number of benzene rings is 2. The second-order valence-electron chi connectivity index (χ2n) is 7.42. The van der Waals surface area contributed by atoms with Crippen molar-refractivity contribution in [2.75, 3.05) is 5.73 Å². The van der Waals surface area contributed by atoms with Gasteiger partial charge in [-0.15, -0.1) is 11.3 Å². The van der Waals surface area contributed by atoms with E-state index >= 15 is 0 Å². The molecule has 0 saturated heterocycles. The first-order chi connectivity index (χ1) is 15.3. The Morgan fingerprint density at radius 2 is 1.69 bits per heavy atom. The topological polar surface area (TPSA) is 116 Å². The summed E-state index contributed by atoms with van der Waals surface area (Å²) in [6.07, 6.45) is 0.186. The highest BCUT2D eigenvalue weighted by molar-refractivity contribution is 7.21. The van der Waals surface area contributed by atoms with E-state index in [1.165, 1.54) is 35.6 Å². The lowest BCUT2D eigenvalue weighted by Crippen LogP contribution is -2.08. The summed E-state index contributed by atoms with van der Waals surface area (Å²) >= 11 is 1.19. The lowest BCUT2D eigenvalue weighted by atomic mass is 9.96. The van der Waals surface area contributed by atoms with Gasteiger partial charge in [-0.05, 0) is 37.1 Å². The van der Waals surface area contributed by atoms with Gasteiger partial charge < -0.3 is 5.73 Å². The van der Waals surface area contributed by atoms with Crippen LogP contribution in [-0.4, -0.2) is 21.5 Å². The Balaban J connectivity index is 1.74. The number of hydrogen-bond acceptors (Lipinski definition) is 7. The molecule has 0 fully saturated rings. The molecule has 0 amide bonds. The summed E-state index contributed by atoms with van der Waals surface area (Å²) in [4.78, 5) is 41.7. The first-order valence-corrected chi connectivity index (χ1v) is 10.6. The summed E-state index contributed by atoms with van der Waals surface area (Å²) in [5.41, 5.74) is 9.87. The number of ketones is 2. The number of nitro groups is 1. The molecular weight excluding hydrogens is 426 g/mol. The zero-order valence-corrected chi connectivity index (χ0v) is 18.2. The number of aromatic nitrogens is 1. The molecule has 0 aliphatic rings. The van der Waals surface area contributed by atoms with Gasteiger partial charge in [0.05, 0.1) is 10.6 Å². The molecule has 0 bridgehead atoms. The third-order valence-corrected chi connectivity index (χ3v) is 6.54. The zero-order valence-electron chi connectivity index (χ0n) is 17.4. The maximum Gasteiger partial charge on any atom is 0.269 e. The molecule has 32 heavy (non-hydrogen) atoms. The minimum absolute atomic E-state index is 0.0195. The molecule has 2 aromatic carbocycles. The van der Waals surface area contributed by atoms with E-state index in [4.69, 9.17) is 5.73 Å². The van der Waals surface area contributed by atoms with Crippen molar-refractivity contribution in [3.63, 3.8) is 0 Å². The summed E-state index contributed by atoms with van der Waals surface area (Å²) in [5, 5.41) is 11.5. The van der Waals surface area contributed by atoms with Gasteiger partial charge in [-0.1, -0.05) is 30.3 Å². The van der Waals surface area contributed by atoms with Crippen LogP contribution in [0.3, 0.4) is 0 Å². The quantitative estimate of drug-likeness (QED) is 0.252. The maximum absolute atomic E-state index is 13.0. The number of nitrogens with two attached hydrogens (primary N) is 1. The van der Waals surface area contributed by atoms with Crippen LogP contribution >= 0.6 is 11.3 Å². The normalized spacial score (nSPS) is 10.9. The molecular formula is C24H19N3O4S. The van der Waals surface area contributed by atoms with E-state index in [9.17, 15) is 19.7 Å². The van der Waals surface area contributed by atoms with Gasteiger partial charge in [0.15, 0.2) is 5.78 Å². The molecule has 0 radical (unpaired) electrons. The predicted octanol–water partition coefficient (Wildman–Crippen LogP) is 5.06. The zero-order chi connectivity index (χ0) is 23.0. The Hall–Kier alpha value is -3.91. The van der Waals surface area contributed by atoms with Crippen LogP contribution in [0.4, 0.5) is 11.4 Å². The van der Waals surface area contributed by atoms with Crippen LogP contribution in [0, 0.1) is 24.0 Å². The highest BCUT2D eigenvalue weighted by Crippen LogP contribution is 2.38. The molecule has 2 N–H and O–H groups in total. The van der Waals surface area contributed by atoms with Crippen molar-refractivity contribution in [3.8, 4) is 0 Å². The molecule has 2 heterocycles. The Kier molecular flexibility index (Phi) is 5.54. The SMILES string of the molecule is Cc1nc2sc(C(=O)c3ccc([N+](=O)[O-])cc3)c(N)c2c(C)c1CC(=O)c1ccccc1. The summed E-state index contributed by atoms with van der Waals surface area (Å²) in [6.45, 7) is 3.72. The number of non-ortho nitro benzene ring substituents is 1. The van der Waals surface area contributed by atoms with Crippen LogP contribution in [0.1, 0.15) is 42.4 Å². The number of fused-ring (bicyclic) bond motifs is 1. The van der Waals surface area contributed by atoms with E-state index in [0.29, 0.717) is 31.9 Å². The number of nitrogens with zero attached hydrogens (tertiary/aromatic N) is 2. The van der Waals surface area contributed by atoms with Crippen molar-refractivity contribution < 1.29 is 14.5 Å². The van der Waals surface area contributed by atoms with Crippen molar-refractivity contribution in [1.82, 2.24) is 4.98 Å². The fourth-order valence-electron chi connectivity index (χ4n) is 3.70. The van der Waals surface area contributed by atoms with E-state index < -0.39 is 4.92 Å². The fraction of sp³-hybridized carbons (Fsp3) is 0.125. The standard InChI is InChI=1S/C24H19N3O4S/c1-13-18(12-19(28)15-6-4-3-5-7-15)14(2)26-24-20(13)21(25)23(32-24)22(29)16-8-10-17(11-9-16)27(30)31/h3-11H,12,25H2,1-2H3. The Labute approximate surface area is 187 Å². The number of aryl methyl sites for hydroxylation is 2. The first kappa shape index (κ1) is 21.3. The number of rotatable bonds is 6. The van der Waals surface area contributed by atoms with Gasteiger partial charge in [0.1, 0.15) is 9.71 Å². The largest absolute Gasteiger partial charge is 0.397 e. The van der Waals surface area contributed by atoms with Gasteiger partial charge in [-0.25, -0.2) is 4.98 Å². The summed E-state index contributed by atoms with van der Waals surface area (Å²) in [5.74, 6) is -0.340. The van der Waals surface area contributed by atoms with E-state index in [0.717, 1.165) is 16.8 Å². The summed E-state index contributed by atoms with van der Waals surface area (Å²) < 4.78 is 0. The van der Waals surface area contributed by atoms with Crippen molar-refractivity contribution in [2.45, 2.75) is 20.3 Å². The van der Waals surface area contributed by atoms with Gasteiger partial charge in [-0.3, -0.25) is 19.7 Å². The van der Waals surface area contributed by atoms with Crippen LogP contribution in [0.2, 0.25) is 0 Å². The number of carbonyl (C=O) groups is 2. The minimum atomic E-state index is -0.517. The van der Waals surface area contributed by atoms with E-state index in [2.05, 4.69) is 4.98 Å². The number of nitrogen functional groups attached to an aromatic ring is 1. The molecule has 0 atom stereocenters.